The Morgan fingerprint density at radius 2 is 1.83 bits per heavy atom. The van der Waals surface area contributed by atoms with E-state index in [0.29, 0.717) is 50.4 Å². The minimum absolute atomic E-state index is 0.0453. The first-order valence-corrected chi connectivity index (χ1v) is 10.2. The Morgan fingerprint density at radius 1 is 1.10 bits per heavy atom. The van der Waals surface area contributed by atoms with Crippen molar-refractivity contribution < 1.29 is 14.3 Å². The van der Waals surface area contributed by atoms with Gasteiger partial charge in [-0.15, -0.1) is 0 Å². The van der Waals surface area contributed by atoms with Gasteiger partial charge < -0.3 is 20.7 Å². The normalized spacial score (nSPS) is 18.5. The van der Waals surface area contributed by atoms with Gasteiger partial charge in [0.2, 0.25) is 5.91 Å². The first-order valence-electron chi connectivity index (χ1n) is 10.2. The van der Waals surface area contributed by atoms with E-state index < -0.39 is 0 Å². The van der Waals surface area contributed by atoms with Crippen LogP contribution in [0.4, 0.5) is 0 Å². The van der Waals surface area contributed by atoms with Gasteiger partial charge in [-0.3, -0.25) is 9.59 Å². The molecule has 0 saturated carbocycles. The summed E-state index contributed by atoms with van der Waals surface area (Å²) >= 11 is 0. The number of benzene rings is 2. The Kier molecular flexibility index (Phi) is 7.25. The van der Waals surface area contributed by atoms with Crippen molar-refractivity contribution in [3.05, 3.63) is 65.7 Å². The van der Waals surface area contributed by atoms with Crippen LogP contribution in [0.3, 0.4) is 0 Å². The third-order valence-corrected chi connectivity index (χ3v) is 5.23. The summed E-state index contributed by atoms with van der Waals surface area (Å²) in [5.41, 5.74) is 7.96. The number of amides is 2. The maximum Gasteiger partial charge on any atom is 0.255 e. The molecule has 1 aliphatic heterocycles. The van der Waals surface area contributed by atoms with Crippen LogP contribution >= 0.6 is 0 Å². The minimum atomic E-state index is -0.186. The monoisotopic (exact) mass is 395 g/mol. The van der Waals surface area contributed by atoms with Crippen molar-refractivity contribution in [3.8, 4) is 5.75 Å². The van der Waals surface area contributed by atoms with E-state index in [-0.39, 0.29) is 23.8 Å². The molecule has 1 heterocycles. The number of nitrogens with two attached hydrogens (primary N) is 1. The summed E-state index contributed by atoms with van der Waals surface area (Å²) in [5.74, 6) is 0.646. The van der Waals surface area contributed by atoms with Gasteiger partial charge in [-0.05, 0) is 31.0 Å². The van der Waals surface area contributed by atoms with Crippen LogP contribution in [0.1, 0.15) is 41.6 Å². The molecule has 6 nitrogen and oxygen atoms in total. The van der Waals surface area contributed by atoms with Gasteiger partial charge in [0.1, 0.15) is 5.75 Å². The lowest BCUT2D eigenvalue weighted by Gasteiger charge is -2.16. The number of nitrogens with zero attached hydrogens (tertiary/aromatic N) is 1. The largest absolute Gasteiger partial charge is 0.493 e. The van der Waals surface area contributed by atoms with Crippen molar-refractivity contribution in [1.29, 1.82) is 0 Å². The summed E-state index contributed by atoms with van der Waals surface area (Å²) in [6.07, 6.45) is 0.977. The molecule has 6 heteroatoms. The second-order valence-electron chi connectivity index (χ2n) is 7.27. The highest BCUT2D eigenvalue weighted by Crippen LogP contribution is 2.26. The van der Waals surface area contributed by atoms with Crippen LogP contribution in [0.5, 0.6) is 5.75 Å². The van der Waals surface area contributed by atoms with Crippen LogP contribution in [0.15, 0.2) is 54.6 Å². The Bertz CT molecular complexity index is 825. The van der Waals surface area contributed by atoms with Crippen LogP contribution in [0.2, 0.25) is 0 Å². The van der Waals surface area contributed by atoms with E-state index in [1.807, 2.05) is 36.1 Å². The highest BCUT2D eigenvalue weighted by Gasteiger charge is 2.33. The molecule has 0 aromatic heterocycles. The predicted molar refractivity (Wildman–Crippen MR) is 113 cm³/mol. The lowest BCUT2D eigenvalue weighted by atomic mass is 9.95. The molecule has 2 aromatic carbocycles. The number of para-hydroxylation sites is 1. The zero-order valence-electron chi connectivity index (χ0n) is 16.8. The smallest absolute Gasteiger partial charge is 0.255 e. The van der Waals surface area contributed by atoms with Crippen molar-refractivity contribution in [2.24, 2.45) is 5.73 Å². The molecule has 2 aromatic rings. The van der Waals surface area contributed by atoms with Crippen molar-refractivity contribution in [3.63, 3.8) is 0 Å². The second kappa shape index (κ2) is 10.1. The molecule has 2 atom stereocenters. The van der Waals surface area contributed by atoms with Crippen LogP contribution in [-0.4, -0.2) is 49.0 Å². The molecule has 29 heavy (non-hydrogen) atoms. The van der Waals surface area contributed by atoms with E-state index in [4.69, 9.17) is 10.5 Å². The molecule has 3 rings (SSSR count). The predicted octanol–water partition coefficient (Wildman–Crippen LogP) is 2.55. The van der Waals surface area contributed by atoms with Crippen molar-refractivity contribution in [1.82, 2.24) is 10.2 Å². The number of hydrogen-bond acceptors (Lipinski definition) is 4. The Balaban J connectivity index is 1.44. The summed E-state index contributed by atoms with van der Waals surface area (Å²) in [6.45, 7) is 4.05. The molecule has 154 valence electrons. The van der Waals surface area contributed by atoms with Gasteiger partial charge in [0.15, 0.2) is 0 Å². The van der Waals surface area contributed by atoms with Crippen molar-refractivity contribution >= 4 is 11.8 Å². The highest BCUT2D eigenvalue weighted by molar-refractivity contribution is 5.96. The van der Waals surface area contributed by atoms with Gasteiger partial charge in [0.25, 0.3) is 5.91 Å². The number of nitrogens with one attached hydrogen (secondary N) is 1. The standard InChI is InChI=1S/C23H29N3O3/c1-2-29-21-12-7-6-11-18(21)23(28)25-14-8-13-22(27)26-15-19(20(24)16-26)17-9-4-3-5-10-17/h3-7,9-12,19-20H,2,8,13-16,24H2,1H3,(H,25,28)/t19-,20+/m0/s1. The molecule has 1 fully saturated rings. The van der Waals surface area contributed by atoms with Crippen LogP contribution < -0.4 is 15.8 Å². The van der Waals surface area contributed by atoms with Gasteiger partial charge in [0.05, 0.1) is 12.2 Å². The average molecular weight is 396 g/mol. The Hall–Kier alpha value is -2.86. The fraction of sp³-hybridized carbons (Fsp3) is 0.391. The molecule has 1 saturated heterocycles. The van der Waals surface area contributed by atoms with Crippen molar-refractivity contribution in [2.45, 2.75) is 31.7 Å². The van der Waals surface area contributed by atoms with E-state index in [9.17, 15) is 9.59 Å². The topological polar surface area (TPSA) is 84.7 Å². The SMILES string of the molecule is CCOc1ccccc1C(=O)NCCCC(=O)N1C[C@@H](N)[C@H](c2ccccc2)C1. The third-order valence-electron chi connectivity index (χ3n) is 5.23. The lowest BCUT2D eigenvalue weighted by Crippen LogP contribution is -2.33. The van der Waals surface area contributed by atoms with Crippen LogP contribution in [0, 0.1) is 0 Å². The Morgan fingerprint density at radius 3 is 2.59 bits per heavy atom. The number of rotatable bonds is 8. The van der Waals surface area contributed by atoms with E-state index in [1.165, 1.54) is 5.56 Å². The molecule has 1 aliphatic rings. The first kappa shape index (κ1) is 20.9. The molecule has 0 bridgehead atoms. The maximum atomic E-state index is 12.6. The molecule has 0 spiro atoms. The number of carbonyl (C=O) groups is 2. The molecular formula is C23H29N3O3. The summed E-state index contributed by atoms with van der Waals surface area (Å²) in [4.78, 5) is 26.8. The quantitative estimate of drug-likeness (QED) is 0.673. The second-order valence-corrected chi connectivity index (χ2v) is 7.27. The van der Waals surface area contributed by atoms with Gasteiger partial charge >= 0.3 is 0 Å². The Labute approximate surface area is 172 Å². The molecule has 0 unspecified atom stereocenters. The van der Waals surface area contributed by atoms with Gasteiger partial charge in [-0.25, -0.2) is 0 Å². The highest BCUT2D eigenvalue weighted by atomic mass is 16.5. The number of ether oxygens (including phenoxy) is 1. The third kappa shape index (κ3) is 5.35. The summed E-state index contributed by atoms with van der Waals surface area (Å²) in [7, 11) is 0. The summed E-state index contributed by atoms with van der Waals surface area (Å²) in [6, 6.07) is 17.2. The lowest BCUT2D eigenvalue weighted by molar-refractivity contribution is -0.130. The van der Waals surface area contributed by atoms with E-state index in [2.05, 4.69) is 17.4 Å². The molecule has 3 N–H and O–H groups in total. The molecule has 0 radical (unpaired) electrons. The molecular weight excluding hydrogens is 366 g/mol. The van der Waals surface area contributed by atoms with E-state index in [1.54, 1.807) is 18.2 Å². The fourth-order valence-corrected chi connectivity index (χ4v) is 3.72. The first-order chi connectivity index (χ1) is 14.1. The minimum Gasteiger partial charge on any atom is -0.493 e. The van der Waals surface area contributed by atoms with Gasteiger partial charge in [-0.2, -0.15) is 0 Å². The summed E-state index contributed by atoms with van der Waals surface area (Å²) in [5, 5.41) is 2.87. The molecule has 2 amide bonds. The zero-order valence-corrected chi connectivity index (χ0v) is 16.8. The van der Waals surface area contributed by atoms with E-state index in [0.717, 1.165) is 0 Å². The summed E-state index contributed by atoms with van der Waals surface area (Å²) < 4.78 is 5.49. The average Bonchev–Trinajstić information content (AvgIpc) is 3.14. The number of likely N-dealkylation sites (tertiary alicyclic amines) is 1. The van der Waals surface area contributed by atoms with E-state index >= 15 is 0 Å². The van der Waals surface area contributed by atoms with Gasteiger partial charge in [0, 0.05) is 38.0 Å². The maximum absolute atomic E-state index is 12.6. The fourth-order valence-electron chi connectivity index (χ4n) is 3.72. The number of hydrogen-bond donors (Lipinski definition) is 2. The zero-order chi connectivity index (χ0) is 20.6. The van der Waals surface area contributed by atoms with Crippen molar-refractivity contribution in [2.75, 3.05) is 26.2 Å². The molecule has 0 aliphatic carbocycles. The van der Waals surface area contributed by atoms with Crippen LogP contribution in [-0.2, 0) is 4.79 Å². The van der Waals surface area contributed by atoms with Crippen LogP contribution in [0.25, 0.3) is 0 Å². The number of carbonyl (C=O) groups excluding carboxylic acids is 2. The van der Waals surface area contributed by atoms with Gasteiger partial charge in [-0.1, -0.05) is 42.5 Å².